The molecule has 0 atom stereocenters. The summed E-state index contributed by atoms with van der Waals surface area (Å²) in [5.74, 6) is -1.47. The second-order valence-corrected chi connectivity index (χ2v) is 5.20. The van der Waals surface area contributed by atoms with Crippen molar-refractivity contribution in [3.63, 3.8) is 0 Å². The number of rotatable bonds is 1. The number of hydrogen-bond donors (Lipinski definition) is 0. The summed E-state index contributed by atoms with van der Waals surface area (Å²) in [6, 6.07) is 3.24. The summed E-state index contributed by atoms with van der Waals surface area (Å²) in [7, 11) is 0. The standard InChI is InChI=1S/C8H3Cl4FO/c9-5-1-4(2-6(13)3-5)7(14)8(10,11)12/h1-3H. The molecule has 0 aliphatic carbocycles. The van der Waals surface area contributed by atoms with Crippen molar-refractivity contribution in [3.05, 3.63) is 34.6 Å². The van der Waals surface area contributed by atoms with Crippen molar-refractivity contribution < 1.29 is 9.18 Å². The minimum atomic E-state index is -2.10. The second-order valence-electron chi connectivity index (χ2n) is 2.49. The average Bonchev–Trinajstić information content (AvgIpc) is 1.99. The molecule has 0 saturated carbocycles. The van der Waals surface area contributed by atoms with Gasteiger partial charge in [0.05, 0.1) is 0 Å². The molecule has 6 heteroatoms. The third kappa shape index (κ3) is 2.99. The summed E-state index contributed by atoms with van der Waals surface area (Å²) in [6.07, 6.45) is 0. The summed E-state index contributed by atoms with van der Waals surface area (Å²) in [5, 5.41) is 0.0719. The molecule has 0 fully saturated rings. The zero-order valence-electron chi connectivity index (χ0n) is 6.53. The number of carbonyl (C=O) groups is 1. The predicted molar refractivity (Wildman–Crippen MR) is 56.0 cm³/mol. The normalized spacial score (nSPS) is 11.5. The van der Waals surface area contributed by atoms with Gasteiger partial charge in [-0.05, 0) is 18.2 Å². The Kier molecular flexibility index (Phi) is 3.64. The molecule has 0 N–H and O–H groups in total. The van der Waals surface area contributed by atoms with Crippen LogP contribution in [-0.4, -0.2) is 9.58 Å². The second kappa shape index (κ2) is 4.23. The molecule has 14 heavy (non-hydrogen) atoms. The molecule has 1 aromatic carbocycles. The fourth-order valence-corrected chi connectivity index (χ4v) is 1.40. The van der Waals surface area contributed by atoms with Gasteiger partial charge in [0, 0.05) is 10.6 Å². The Morgan fingerprint density at radius 2 is 1.79 bits per heavy atom. The predicted octanol–water partition coefficient (Wildman–Crippen LogP) is 4.03. The van der Waals surface area contributed by atoms with Gasteiger partial charge in [0.15, 0.2) is 0 Å². The Hall–Kier alpha value is -0.0200. The van der Waals surface area contributed by atoms with Crippen LogP contribution in [0.2, 0.25) is 5.02 Å². The Balaban J connectivity index is 3.14. The number of hydrogen-bond acceptors (Lipinski definition) is 1. The van der Waals surface area contributed by atoms with E-state index in [0.717, 1.165) is 12.1 Å². The van der Waals surface area contributed by atoms with Crippen molar-refractivity contribution in [1.29, 1.82) is 0 Å². The van der Waals surface area contributed by atoms with Gasteiger partial charge in [-0.15, -0.1) is 0 Å². The van der Waals surface area contributed by atoms with E-state index >= 15 is 0 Å². The largest absolute Gasteiger partial charge is 0.289 e. The molecule has 1 aromatic rings. The maximum absolute atomic E-state index is 12.8. The van der Waals surface area contributed by atoms with Crippen molar-refractivity contribution in [1.82, 2.24) is 0 Å². The zero-order valence-corrected chi connectivity index (χ0v) is 9.55. The highest BCUT2D eigenvalue weighted by Crippen LogP contribution is 2.31. The molecule has 0 unspecified atom stereocenters. The number of alkyl halides is 3. The lowest BCUT2D eigenvalue weighted by atomic mass is 10.1. The smallest absolute Gasteiger partial charge is 0.253 e. The number of benzene rings is 1. The van der Waals surface area contributed by atoms with Crippen LogP contribution in [0.4, 0.5) is 4.39 Å². The molecule has 76 valence electrons. The Morgan fingerprint density at radius 3 is 2.21 bits per heavy atom. The van der Waals surface area contributed by atoms with Crippen LogP contribution in [0.3, 0.4) is 0 Å². The van der Waals surface area contributed by atoms with E-state index in [-0.39, 0.29) is 10.6 Å². The maximum Gasteiger partial charge on any atom is 0.253 e. The summed E-state index contributed by atoms with van der Waals surface area (Å²) >= 11 is 21.5. The van der Waals surface area contributed by atoms with E-state index in [1.165, 1.54) is 6.07 Å². The molecule has 0 aliphatic heterocycles. The van der Waals surface area contributed by atoms with Crippen LogP contribution < -0.4 is 0 Å². The molecule has 1 nitrogen and oxygen atoms in total. The topological polar surface area (TPSA) is 17.1 Å². The lowest BCUT2D eigenvalue weighted by Gasteiger charge is -2.09. The van der Waals surface area contributed by atoms with E-state index in [2.05, 4.69) is 0 Å². The van der Waals surface area contributed by atoms with E-state index in [4.69, 9.17) is 46.4 Å². The first-order valence-corrected chi connectivity index (χ1v) is 4.89. The minimum Gasteiger partial charge on any atom is -0.289 e. The lowest BCUT2D eigenvalue weighted by molar-refractivity contribution is 0.0996. The third-order valence-electron chi connectivity index (χ3n) is 1.38. The molecular weight excluding hydrogens is 273 g/mol. The van der Waals surface area contributed by atoms with Crippen LogP contribution in [-0.2, 0) is 0 Å². The van der Waals surface area contributed by atoms with Gasteiger partial charge in [-0.2, -0.15) is 0 Å². The lowest BCUT2D eigenvalue weighted by Crippen LogP contribution is -2.18. The Morgan fingerprint density at radius 1 is 1.21 bits per heavy atom. The van der Waals surface area contributed by atoms with E-state index < -0.39 is 15.4 Å². The third-order valence-corrected chi connectivity index (χ3v) is 2.12. The molecule has 0 aromatic heterocycles. The summed E-state index contributed by atoms with van der Waals surface area (Å²) in [5.41, 5.74) is -0.0741. The fourth-order valence-electron chi connectivity index (χ4n) is 0.849. The van der Waals surface area contributed by atoms with Gasteiger partial charge in [0.1, 0.15) is 5.82 Å². The minimum absolute atomic E-state index is 0.0719. The molecule has 0 spiro atoms. The molecule has 0 heterocycles. The SMILES string of the molecule is O=C(c1cc(F)cc(Cl)c1)C(Cl)(Cl)Cl. The van der Waals surface area contributed by atoms with Crippen molar-refractivity contribution in [2.45, 2.75) is 3.79 Å². The number of Topliss-reactive ketones (excluding diaryl/α,β-unsaturated/α-hetero) is 1. The molecule has 0 saturated heterocycles. The first-order valence-electron chi connectivity index (χ1n) is 3.38. The van der Waals surface area contributed by atoms with Gasteiger partial charge in [0.2, 0.25) is 5.78 Å². The van der Waals surface area contributed by atoms with Crippen molar-refractivity contribution in [2.24, 2.45) is 0 Å². The van der Waals surface area contributed by atoms with Crippen molar-refractivity contribution >= 4 is 52.2 Å². The highest BCUT2D eigenvalue weighted by atomic mass is 35.6. The van der Waals surface area contributed by atoms with Gasteiger partial charge < -0.3 is 0 Å². The average molecular weight is 276 g/mol. The zero-order chi connectivity index (χ0) is 10.9. The summed E-state index contributed by atoms with van der Waals surface area (Å²) < 4.78 is 10.7. The fraction of sp³-hybridized carbons (Fsp3) is 0.125. The Bertz CT molecular complexity index is 352. The monoisotopic (exact) mass is 274 g/mol. The van der Waals surface area contributed by atoms with Crippen LogP contribution in [0, 0.1) is 5.82 Å². The highest BCUT2D eigenvalue weighted by molar-refractivity contribution is 6.77. The van der Waals surface area contributed by atoms with E-state index in [1.54, 1.807) is 0 Å². The van der Waals surface area contributed by atoms with Gasteiger partial charge in [-0.3, -0.25) is 4.79 Å². The maximum atomic E-state index is 12.8. The van der Waals surface area contributed by atoms with Gasteiger partial charge in [-0.25, -0.2) is 4.39 Å². The Labute approximate surface area is 99.7 Å². The van der Waals surface area contributed by atoms with Crippen LogP contribution in [0.15, 0.2) is 18.2 Å². The number of ketones is 1. The van der Waals surface area contributed by atoms with Crippen molar-refractivity contribution in [3.8, 4) is 0 Å². The highest BCUT2D eigenvalue weighted by Gasteiger charge is 2.31. The van der Waals surface area contributed by atoms with E-state index in [9.17, 15) is 9.18 Å². The van der Waals surface area contributed by atoms with Crippen LogP contribution >= 0.6 is 46.4 Å². The molecule has 0 radical (unpaired) electrons. The van der Waals surface area contributed by atoms with Gasteiger partial charge in [0.25, 0.3) is 3.79 Å². The summed E-state index contributed by atoms with van der Waals surface area (Å²) in [4.78, 5) is 11.3. The molecular formula is C8H3Cl4FO. The molecule has 1 rings (SSSR count). The number of halogens is 5. The van der Waals surface area contributed by atoms with Crippen molar-refractivity contribution in [2.75, 3.05) is 0 Å². The van der Waals surface area contributed by atoms with E-state index in [0.29, 0.717) is 0 Å². The first-order chi connectivity index (χ1) is 6.30. The van der Waals surface area contributed by atoms with Gasteiger partial charge >= 0.3 is 0 Å². The number of carbonyl (C=O) groups excluding carboxylic acids is 1. The van der Waals surface area contributed by atoms with Crippen LogP contribution in [0.25, 0.3) is 0 Å². The molecule has 0 aliphatic rings. The van der Waals surface area contributed by atoms with Gasteiger partial charge in [-0.1, -0.05) is 46.4 Å². The molecule has 0 bridgehead atoms. The quantitative estimate of drug-likeness (QED) is 0.559. The first kappa shape index (κ1) is 12.1. The summed E-state index contributed by atoms with van der Waals surface area (Å²) in [6.45, 7) is 0. The van der Waals surface area contributed by atoms with Crippen LogP contribution in [0.1, 0.15) is 10.4 Å². The van der Waals surface area contributed by atoms with E-state index in [1.807, 2.05) is 0 Å². The molecule has 0 amide bonds. The van der Waals surface area contributed by atoms with Crippen LogP contribution in [0.5, 0.6) is 0 Å².